The lowest BCUT2D eigenvalue weighted by molar-refractivity contribution is -0.128. The van der Waals surface area contributed by atoms with E-state index in [1.807, 2.05) is 0 Å². The number of hydrogen-bond acceptors (Lipinski definition) is 4. The number of carbonyl (C=O) groups is 1. The standard InChI is InChI=1S/C16H25N3OS/c1-15(2,3)14-18-12(9-21-14)8-19-7-11-5-4-6-16(11,10-19)13(17)20/h9,11H,4-8,10H2,1-3H3,(H2,17,20)/t11-,16-/m0/s1. The third kappa shape index (κ3) is 2.61. The smallest absolute Gasteiger partial charge is 0.225 e. The Balaban J connectivity index is 1.70. The van der Waals surface area contributed by atoms with Crippen molar-refractivity contribution in [2.24, 2.45) is 17.1 Å². The van der Waals surface area contributed by atoms with Crippen LogP contribution in [-0.4, -0.2) is 28.9 Å². The Hall–Kier alpha value is -0.940. The summed E-state index contributed by atoms with van der Waals surface area (Å²) in [4.78, 5) is 19.1. The molecule has 0 unspecified atom stereocenters. The number of amides is 1. The fourth-order valence-corrected chi connectivity index (χ4v) is 4.77. The molecule has 1 saturated heterocycles. The lowest BCUT2D eigenvalue weighted by atomic mass is 9.80. The topological polar surface area (TPSA) is 59.2 Å². The van der Waals surface area contributed by atoms with Gasteiger partial charge in [-0.25, -0.2) is 4.98 Å². The number of nitrogens with two attached hydrogens (primary N) is 1. The molecule has 0 aromatic carbocycles. The largest absolute Gasteiger partial charge is 0.369 e. The van der Waals surface area contributed by atoms with E-state index in [0.717, 1.165) is 44.6 Å². The van der Waals surface area contributed by atoms with Gasteiger partial charge in [0.05, 0.1) is 16.1 Å². The van der Waals surface area contributed by atoms with E-state index < -0.39 is 0 Å². The van der Waals surface area contributed by atoms with Crippen molar-refractivity contribution in [2.45, 2.75) is 52.0 Å². The van der Waals surface area contributed by atoms with E-state index in [2.05, 4.69) is 31.1 Å². The molecule has 4 nitrogen and oxygen atoms in total. The first-order valence-corrected chi connectivity index (χ1v) is 8.66. The molecule has 1 saturated carbocycles. The van der Waals surface area contributed by atoms with Crippen molar-refractivity contribution >= 4 is 17.2 Å². The van der Waals surface area contributed by atoms with Gasteiger partial charge in [-0.3, -0.25) is 9.69 Å². The molecule has 0 spiro atoms. The Morgan fingerprint density at radius 2 is 2.33 bits per heavy atom. The number of thiazole rings is 1. The molecule has 1 aliphatic heterocycles. The van der Waals surface area contributed by atoms with Gasteiger partial charge in [0, 0.05) is 30.4 Å². The van der Waals surface area contributed by atoms with Crippen molar-refractivity contribution in [1.29, 1.82) is 0 Å². The number of aromatic nitrogens is 1. The minimum Gasteiger partial charge on any atom is -0.369 e. The second kappa shape index (κ2) is 5.06. The molecule has 21 heavy (non-hydrogen) atoms. The Bertz CT molecular complexity index is 548. The van der Waals surface area contributed by atoms with Gasteiger partial charge in [-0.05, 0) is 18.8 Å². The van der Waals surface area contributed by atoms with Crippen LogP contribution in [0.3, 0.4) is 0 Å². The lowest BCUT2D eigenvalue weighted by Crippen LogP contribution is -2.40. The molecule has 2 fully saturated rings. The zero-order valence-corrected chi connectivity index (χ0v) is 14.0. The summed E-state index contributed by atoms with van der Waals surface area (Å²) in [5.74, 6) is 0.358. The Labute approximate surface area is 130 Å². The van der Waals surface area contributed by atoms with Gasteiger partial charge in [0.1, 0.15) is 0 Å². The second-order valence-corrected chi connectivity index (χ2v) is 8.53. The van der Waals surface area contributed by atoms with Crippen LogP contribution in [0.25, 0.3) is 0 Å². The molecule has 5 heteroatoms. The maximum absolute atomic E-state index is 11.9. The molecule has 0 radical (unpaired) electrons. The third-order valence-electron chi connectivity index (χ3n) is 5.01. The molecule has 116 valence electrons. The number of nitrogens with zero attached hydrogens (tertiary/aromatic N) is 2. The monoisotopic (exact) mass is 307 g/mol. The second-order valence-electron chi connectivity index (χ2n) is 7.67. The summed E-state index contributed by atoms with van der Waals surface area (Å²) in [6.07, 6.45) is 3.25. The predicted octanol–water partition coefficient (Wildman–Crippen LogP) is 2.53. The van der Waals surface area contributed by atoms with E-state index in [1.165, 1.54) is 5.01 Å². The molecule has 3 rings (SSSR count). The van der Waals surface area contributed by atoms with Crippen molar-refractivity contribution in [3.63, 3.8) is 0 Å². The average molecular weight is 307 g/mol. The van der Waals surface area contributed by atoms with Gasteiger partial charge in [0.15, 0.2) is 0 Å². The van der Waals surface area contributed by atoms with Crippen LogP contribution in [0.5, 0.6) is 0 Å². The van der Waals surface area contributed by atoms with Gasteiger partial charge < -0.3 is 5.73 Å². The zero-order valence-electron chi connectivity index (χ0n) is 13.2. The Morgan fingerprint density at radius 3 is 2.90 bits per heavy atom. The van der Waals surface area contributed by atoms with Crippen molar-refractivity contribution in [1.82, 2.24) is 9.88 Å². The number of primary amides is 1. The van der Waals surface area contributed by atoms with E-state index in [1.54, 1.807) is 11.3 Å². The van der Waals surface area contributed by atoms with Crippen molar-refractivity contribution in [2.75, 3.05) is 13.1 Å². The normalized spacial score (nSPS) is 29.8. The summed E-state index contributed by atoms with van der Waals surface area (Å²) < 4.78 is 0. The number of carbonyl (C=O) groups excluding carboxylic acids is 1. The van der Waals surface area contributed by atoms with Crippen LogP contribution >= 0.6 is 11.3 Å². The van der Waals surface area contributed by atoms with E-state index in [9.17, 15) is 4.79 Å². The molecular weight excluding hydrogens is 282 g/mol. The van der Waals surface area contributed by atoms with E-state index in [0.29, 0.717) is 5.92 Å². The van der Waals surface area contributed by atoms with Gasteiger partial charge in [-0.1, -0.05) is 27.2 Å². The molecular formula is C16H25N3OS. The van der Waals surface area contributed by atoms with Crippen LogP contribution in [-0.2, 0) is 16.8 Å². The zero-order chi connectivity index (χ0) is 15.3. The molecule has 1 aromatic heterocycles. The highest BCUT2D eigenvalue weighted by molar-refractivity contribution is 7.09. The first kappa shape index (κ1) is 15.0. The van der Waals surface area contributed by atoms with E-state index >= 15 is 0 Å². The van der Waals surface area contributed by atoms with Crippen molar-refractivity contribution < 1.29 is 4.79 Å². The van der Waals surface area contributed by atoms with Crippen LogP contribution in [0.2, 0.25) is 0 Å². The minimum atomic E-state index is -0.261. The maximum Gasteiger partial charge on any atom is 0.225 e. The van der Waals surface area contributed by atoms with Crippen LogP contribution in [0, 0.1) is 11.3 Å². The molecule has 1 aromatic rings. The Morgan fingerprint density at radius 1 is 1.57 bits per heavy atom. The number of fused-ring (bicyclic) bond motifs is 1. The van der Waals surface area contributed by atoms with E-state index in [4.69, 9.17) is 10.7 Å². The third-order valence-corrected chi connectivity index (χ3v) is 6.33. The summed E-state index contributed by atoms with van der Waals surface area (Å²) in [7, 11) is 0. The quantitative estimate of drug-likeness (QED) is 0.933. The SMILES string of the molecule is CC(C)(C)c1nc(CN2C[C@@H]3CCC[C@]3(C(N)=O)C2)cs1. The summed E-state index contributed by atoms with van der Waals surface area (Å²) in [6.45, 7) is 9.23. The van der Waals surface area contributed by atoms with Crippen LogP contribution < -0.4 is 5.73 Å². The minimum absolute atomic E-state index is 0.0961. The maximum atomic E-state index is 11.9. The van der Waals surface area contributed by atoms with E-state index in [-0.39, 0.29) is 16.7 Å². The van der Waals surface area contributed by atoms with Gasteiger partial charge in [0.2, 0.25) is 5.91 Å². The highest BCUT2D eigenvalue weighted by Crippen LogP contribution is 2.48. The first-order valence-electron chi connectivity index (χ1n) is 7.78. The fourth-order valence-electron chi connectivity index (χ4n) is 3.87. The van der Waals surface area contributed by atoms with Crippen LogP contribution in [0.4, 0.5) is 0 Å². The lowest BCUT2D eigenvalue weighted by Gasteiger charge is -2.24. The summed E-state index contributed by atoms with van der Waals surface area (Å²) >= 11 is 1.74. The highest BCUT2D eigenvalue weighted by atomic mass is 32.1. The number of likely N-dealkylation sites (tertiary alicyclic amines) is 1. The van der Waals surface area contributed by atoms with Gasteiger partial charge in [-0.2, -0.15) is 0 Å². The molecule has 1 aliphatic carbocycles. The van der Waals surface area contributed by atoms with Crippen molar-refractivity contribution in [3.8, 4) is 0 Å². The molecule has 2 heterocycles. The molecule has 2 atom stereocenters. The molecule has 0 bridgehead atoms. The predicted molar refractivity (Wildman–Crippen MR) is 85.1 cm³/mol. The Kier molecular flexibility index (Phi) is 3.61. The van der Waals surface area contributed by atoms with Crippen LogP contribution in [0.1, 0.15) is 50.7 Å². The fraction of sp³-hybridized carbons (Fsp3) is 0.750. The number of rotatable bonds is 3. The summed E-state index contributed by atoms with van der Waals surface area (Å²) in [6, 6.07) is 0. The molecule has 2 aliphatic rings. The first-order chi connectivity index (χ1) is 9.81. The van der Waals surface area contributed by atoms with Gasteiger partial charge in [-0.15, -0.1) is 11.3 Å². The van der Waals surface area contributed by atoms with Crippen LogP contribution in [0.15, 0.2) is 5.38 Å². The summed E-state index contributed by atoms with van der Waals surface area (Å²) in [5.41, 5.74) is 6.69. The van der Waals surface area contributed by atoms with Gasteiger partial charge in [0.25, 0.3) is 0 Å². The van der Waals surface area contributed by atoms with Gasteiger partial charge >= 0.3 is 0 Å². The summed E-state index contributed by atoms with van der Waals surface area (Å²) in [5, 5.41) is 3.34. The average Bonchev–Trinajstić information content (AvgIpc) is 3.01. The van der Waals surface area contributed by atoms with Crippen molar-refractivity contribution in [3.05, 3.63) is 16.1 Å². The number of hydrogen-bond donors (Lipinski definition) is 1. The highest BCUT2D eigenvalue weighted by Gasteiger charge is 2.53. The molecule has 1 amide bonds. The molecule has 2 N–H and O–H groups in total.